The van der Waals surface area contributed by atoms with Crippen molar-refractivity contribution in [2.24, 2.45) is 5.41 Å². The predicted octanol–water partition coefficient (Wildman–Crippen LogP) is -1.79. The second kappa shape index (κ2) is 4.36. The van der Waals surface area contributed by atoms with Gasteiger partial charge >= 0.3 is 18.9 Å². The Kier molecular flexibility index (Phi) is 4.53. The Morgan fingerprint density at radius 2 is 1.77 bits per heavy atom. The third kappa shape index (κ3) is 2.30. The number of hydrogen-bond donors (Lipinski definition) is 0. The molecule has 1 aliphatic rings. The number of nitrogens with zero attached hydrogens (tertiary/aromatic N) is 1. The third-order valence-electron chi connectivity index (χ3n) is 3.83. The minimum atomic E-state index is -0.0591. The summed E-state index contributed by atoms with van der Waals surface area (Å²) in [4.78, 5) is 2.05. The SMILES string of the molecule is CC1(C)CCCN(C[O-])C1(C)C.[Li+]. The molecule has 0 aromatic carbocycles. The first-order valence-corrected chi connectivity index (χ1v) is 4.75. The first-order chi connectivity index (χ1) is 5.42. The van der Waals surface area contributed by atoms with Crippen LogP contribution in [-0.2, 0) is 0 Å². The molecule has 0 unspecified atom stereocenters. The summed E-state index contributed by atoms with van der Waals surface area (Å²) >= 11 is 0. The molecule has 0 aromatic heterocycles. The molecule has 1 heterocycles. The minimum Gasteiger partial charge on any atom is -0.843 e. The standard InChI is InChI=1S/C10H20NO.Li/c1-9(2)6-5-7-11(8-12)10(9,3)4;/h5-8H2,1-4H3;/q-1;+1. The molecule has 2 nitrogen and oxygen atoms in total. The summed E-state index contributed by atoms with van der Waals surface area (Å²) in [5, 5.41) is 10.9. The van der Waals surface area contributed by atoms with Gasteiger partial charge in [0.1, 0.15) is 0 Å². The zero-order valence-corrected chi connectivity index (χ0v) is 9.68. The fraction of sp³-hybridized carbons (Fsp3) is 1.00. The van der Waals surface area contributed by atoms with Crippen LogP contribution >= 0.6 is 0 Å². The molecule has 0 N–H and O–H groups in total. The van der Waals surface area contributed by atoms with Crippen molar-refractivity contribution in [1.82, 2.24) is 4.90 Å². The summed E-state index contributed by atoms with van der Waals surface area (Å²) in [6.07, 6.45) is 2.40. The summed E-state index contributed by atoms with van der Waals surface area (Å²) < 4.78 is 0. The van der Waals surface area contributed by atoms with E-state index in [1.807, 2.05) is 0 Å². The van der Waals surface area contributed by atoms with Gasteiger partial charge in [-0.3, -0.25) is 0 Å². The Morgan fingerprint density at radius 3 is 2.15 bits per heavy atom. The van der Waals surface area contributed by atoms with Crippen LogP contribution in [0.5, 0.6) is 0 Å². The first kappa shape index (κ1) is 13.5. The molecule has 0 bridgehead atoms. The van der Waals surface area contributed by atoms with Gasteiger partial charge in [-0.15, -0.1) is 0 Å². The van der Waals surface area contributed by atoms with Crippen molar-refractivity contribution in [3.63, 3.8) is 0 Å². The van der Waals surface area contributed by atoms with Crippen LogP contribution in [0, 0.1) is 5.41 Å². The number of piperidine rings is 1. The maximum Gasteiger partial charge on any atom is 1.00 e. The van der Waals surface area contributed by atoms with Gasteiger partial charge in [0.2, 0.25) is 0 Å². The van der Waals surface area contributed by atoms with E-state index in [1.165, 1.54) is 12.8 Å². The van der Waals surface area contributed by atoms with E-state index in [0.717, 1.165) is 6.54 Å². The number of rotatable bonds is 1. The zero-order valence-electron chi connectivity index (χ0n) is 9.68. The van der Waals surface area contributed by atoms with Gasteiger partial charge in [-0.2, -0.15) is 0 Å². The molecule has 1 rings (SSSR count). The Hall–Kier alpha value is 0.517. The first-order valence-electron chi connectivity index (χ1n) is 4.75. The van der Waals surface area contributed by atoms with Gasteiger partial charge in [-0.25, -0.2) is 0 Å². The molecule has 1 fully saturated rings. The molecule has 72 valence electrons. The van der Waals surface area contributed by atoms with Crippen LogP contribution in [-0.4, -0.2) is 23.7 Å². The minimum absolute atomic E-state index is 0. The molecule has 1 saturated heterocycles. The Balaban J connectivity index is 0.00000144. The van der Waals surface area contributed by atoms with E-state index in [0.29, 0.717) is 0 Å². The Morgan fingerprint density at radius 1 is 1.23 bits per heavy atom. The summed E-state index contributed by atoms with van der Waals surface area (Å²) in [7, 11) is 0. The van der Waals surface area contributed by atoms with Crippen LogP contribution in [0.4, 0.5) is 0 Å². The van der Waals surface area contributed by atoms with E-state index in [4.69, 9.17) is 0 Å². The van der Waals surface area contributed by atoms with Crippen molar-refractivity contribution >= 4 is 0 Å². The van der Waals surface area contributed by atoms with Gasteiger partial charge in [0.25, 0.3) is 0 Å². The van der Waals surface area contributed by atoms with Gasteiger partial charge in [0.15, 0.2) is 0 Å². The molecule has 0 atom stereocenters. The molecular formula is C10H20LiNO. The van der Waals surface area contributed by atoms with Crippen molar-refractivity contribution in [1.29, 1.82) is 0 Å². The van der Waals surface area contributed by atoms with Crippen LogP contribution in [0.1, 0.15) is 40.5 Å². The van der Waals surface area contributed by atoms with Crippen LogP contribution in [0.3, 0.4) is 0 Å². The molecule has 0 radical (unpaired) electrons. The number of hydrogen-bond acceptors (Lipinski definition) is 2. The van der Waals surface area contributed by atoms with Gasteiger partial charge in [0.05, 0.1) is 0 Å². The second-order valence-corrected chi connectivity index (χ2v) is 4.94. The zero-order chi connectivity index (χ0) is 9.41. The molecule has 0 aliphatic carbocycles. The monoisotopic (exact) mass is 177 g/mol. The average Bonchev–Trinajstić information content (AvgIpc) is 1.95. The van der Waals surface area contributed by atoms with Crippen LogP contribution in [0.2, 0.25) is 0 Å². The van der Waals surface area contributed by atoms with E-state index in [1.54, 1.807) is 0 Å². The largest absolute Gasteiger partial charge is 1.00 e. The summed E-state index contributed by atoms with van der Waals surface area (Å²) in [5.41, 5.74) is 0.336. The van der Waals surface area contributed by atoms with Crippen molar-refractivity contribution in [3.8, 4) is 0 Å². The molecule has 3 heteroatoms. The van der Waals surface area contributed by atoms with Gasteiger partial charge in [-0.05, 0) is 38.6 Å². The summed E-state index contributed by atoms with van der Waals surface area (Å²) in [5.74, 6) is 0. The smallest absolute Gasteiger partial charge is 0.843 e. The fourth-order valence-corrected chi connectivity index (χ4v) is 1.95. The Labute approximate surface area is 93.9 Å². The van der Waals surface area contributed by atoms with Gasteiger partial charge in [0, 0.05) is 5.54 Å². The molecule has 1 aliphatic heterocycles. The average molecular weight is 177 g/mol. The normalized spacial score (nSPS) is 26.5. The van der Waals surface area contributed by atoms with Crippen LogP contribution < -0.4 is 24.0 Å². The molecule has 0 spiro atoms. The van der Waals surface area contributed by atoms with Crippen molar-refractivity contribution in [2.45, 2.75) is 46.1 Å². The van der Waals surface area contributed by atoms with Gasteiger partial charge in [-0.1, -0.05) is 20.6 Å². The molecule has 0 amide bonds. The predicted molar refractivity (Wildman–Crippen MR) is 48.7 cm³/mol. The molecule has 13 heavy (non-hydrogen) atoms. The quantitative estimate of drug-likeness (QED) is 0.442. The van der Waals surface area contributed by atoms with Gasteiger partial charge < -0.3 is 10.0 Å². The van der Waals surface area contributed by atoms with E-state index < -0.39 is 0 Å². The van der Waals surface area contributed by atoms with Crippen molar-refractivity contribution in [3.05, 3.63) is 0 Å². The van der Waals surface area contributed by atoms with Crippen molar-refractivity contribution in [2.75, 3.05) is 13.3 Å². The fourth-order valence-electron chi connectivity index (χ4n) is 1.95. The van der Waals surface area contributed by atoms with Crippen molar-refractivity contribution < 1.29 is 24.0 Å². The second-order valence-electron chi connectivity index (χ2n) is 4.94. The number of likely N-dealkylation sites (tertiary alicyclic amines) is 1. The third-order valence-corrected chi connectivity index (χ3v) is 3.83. The molecular weight excluding hydrogens is 157 g/mol. The Bertz CT molecular complexity index is 168. The maximum absolute atomic E-state index is 10.9. The topological polar surface area (TPSA) is 26.3 Å². The summed E-state index contributed by atoms with van der Waals surface area (Å²) in [6, 6.07) is 0. The van der Waals surface area contributed by atoms with E-state index >= 15 is 0 Å². The maximum atomic E-state index is 10.9. The van der Waals surface area contributed by atoms with Crippen LogP contribution in [0.25, 0.3) is 0 Å². The van der Waals surface area contributed by atoms with Crippen LogP contribution in [0.15, 0.2) is 0 Å². The molecule has 0 aromatic rings. The summed E-state index contributed by atoms with van der Waals surface area (Å²) in [6.45, 7) is 9.80. The van der Waals surface area contributed by atoms with E-state index in [9.17, 15) is 5.11 Å². The van der Waals surface area contributed by atoms with E-state index in [-0.39, 0.29) is 36.5 Å². The van der Waals surface area contributed by atoms with E-state index in [2.05, 4.69) is 32.6 Å². The molecule has 0 saturated carbocycles.